The van der Waals surface area contributed by atoms with Crippen molar-refractivity contribution in [3.05, 3.63) is 70.0 Å². The van der Waals surface area contributed by atoms with Crippen molar-refractivity contribution in [3.63, 3.8) is 0 Å². The highest BCUT2D eigenvalue weighted by atomic mass is 16.2. The van der Waals surface area contributed by atoms with Gasteiger partial charge in [-0.25, -0.2) is 9.89 Å². The molecule has 0 aliphatic rings. The van der Waals surface area contributed by atoms with E-state index in [4.69, 9.17) is 4.98 Å². The number of unbranched alkanes of at least 4 members (excludes halogenated alkanes) is 1. The molecule has 0 aliphatic heterocycles. The molecular weight excluding hydrogens is 414 g/mol. The fraction of sp³-hybridized carbons (Fsp3) is 0.400. The molecule has 0 bridgehead atoms. The van der Waals surface area contributed by atoms with Crippen LogP contribution in [0.1, 0.15) is 57.5 Å². The second kappa shape index (κ2) is 9.13. The normalized spacial score (nSPS) is 11.8. The predicted octanol–water partition coefficient (Wildman–Crippen LogP) is 4.35. The molecule has 8 heteroatoms. The van der Waals surface area contributed by atoms with Gasteiger partial charge in [0.1, 0.15) is 0 Å². The average Bonchev–Trinajstić information content (AvgIpc) is 3.40. The third-order valence-electron chi connectivity index (χ3n) is 5.91. The number of imidazole rings is 1. The molecule has 1 aromatic carbocycles. The number of pyridine rings is 1. The van der Waals surface area contributed by atoms with Gasteiger partial charge in [0.05, 0.1) is 12.2 Å². The van der Waals surface area contributed by atoms with Gasteiger partial charge in [-0.15, -0.1) is 5.10 Å². The Kier molecular flexibility index (Phi) is 6.26. The molecule has 8 nitrogen and oxygen atoms in total. The summed E-state index contributed by atoms with van der Waals surface area (Å²) in [6.45, 7) is 11.0. The zero-order valence-corrected chi connectivity index (χ0v) is 20.0. The van der Waals surface area contributed by atoms with E-state index in [0.29, 0.717) is 12.4 Å². The number of nitrogens with zero attached hydrogens (tertiary/aromatic N) is 6. The van der Waals surface area contributed by atoms with Crippen molar-refractivity contribution in [1.82, 2.24) is 34.7 Å². The van der Waals surface area contributed by atoms with Crippen molar-refractivity contribution in [3.8, 4) is 22.6 Å². The standard InChI is InChI=1S/C25H31N7O/c1-6-7-12-22-17(2)32(25(3,4)5)24(33)31(22)16-18-13-14-21(26-15-18)19-10-8-9-11-20(19)23-27-29-30-28-23/h8-11,13-15H,6-7,12,16H2,1-5H3,(H,27,28,29,30). The van der Waals surface area contributed by atoms with Crippen LogP contribution in [0.3, 0.4) is 0 Å². The average molecular weight is 446 g/mol. The van der Waals surface area contributed by atoms with Gasteiger partial charge in [-0.1, -0.05) is 43.7 Å². The molecule has 0 unspecified atom stereocenters. The molecule has 3 heterocycles. The minimum Gasteiger partial charge on any atom is -0.292 e. The topological polar surface area (TPSA) is 94.3 Å². The quantitative estimate of drug-likeness (QED) is 0.456. The summed E-state index contributed by atoms with van der Waals surface area (Å²) in [5, 5.41) is 14.2. The smallest absolute Gasteiger partial charge is 0.292 e. The Hall–Kier alpha value is -3.55. The van der Waals surface area contributed by atoms with Crippen molar-refractivity contribution in [2.45, 2.75) is 66.0 Å². The molecular formula is C25H31N7O. The Morgan fingerprint density at radius 2 is 1.82 bits per heavy atom. The lowest BCUT2D eigenvalue weighted by atomic mass is 10.0. The van der Waals surface area contributed by atoms with Gasteiger partial charge in [0, 0.05) is 34.3 Å². The van der Waals surface area contributed by atoms with Gasteiger partial charge in [-0.2, -0.15) is 0 Å². The largest absolute Gasteiger partial charge is 0.329 e. The molecule has 1 N–H and O–H groups in total. The minimum absolute atomic E-state index is 0.0401. The SMILES string of the molecule is CCCCc1c(C)n(C(C)(C)C)c(=O)n1Cc1ccc(-c2ccccc2-c2nnn[nH]2)nc1. The molecule has 0 atom stereocenters. The number of rotatable bonds is 7. The van der Waals surface area contributed by atoms with Crippen LogP contribution >= 0.6 is 0 Å². The monoisotopic (exact) mass is 445 g/mol. The van der Waals surface area contributed by atoms with Crippen LogP contribution < -0.4 is 5.69 Å². The zero-order valence-electron chi connectivity index (χ0n) is 20.0. The maximum absolute atomic E-state index is 13.4. The highest BCUT2D eigenvalue weighted by Gasteiger charge is 2.24. The Bertz CT molecular complexity index is 1280. The third kappa shape index (κ3) is 4.51. The summed E-state index contributed by atoms with van der Waals surface area (Å²) in [6.07, 6.45) is 4.89. The summed E-state index contributed by atoms with van der Waals surface area (Å²) in [5.74, 6) is 0.600. The van der Waals surface area contributed by atoms with Crippen molar-refractivity contribution < 1.29 is 0 Å². The van der Waals surface area contributed by atoms with E-state index < -0.39 is 0 Å². The van der Waals surface area contributed by atoms with Crippen LogP contribution in [0.15, 0.2) is 47.4 Å². The highest BCUT2D eigenvalue weighted by Crippen LogP contribution is 2.28. The maximum Gasteiger partial charge on any atom is 0.329 e. The lowest BCUT2D eigenvalue weighted by molar-refractivity contribution is 0.373. The molecule has 4 rings (SSSR count). The van der Waals surface area contributed by atoms with E-state index in [0.717, 1.165) is 53.0 Å². The number of aromatic amines is 1. The molecule has 172 valence electrons. The van der Waals surface area contributed by atoms with Crippen molar-refractivity contribution in [1.29, 1.82) is 0 Å². The molecule has 0 amide bonds. The van der Waals surface area contributed by atoms with Crippen LogP contribution in [0.4, 0.5) is 0 Å². The maximum atomic E-state index is 13.4. The van der Waals surface area contributed by atoms with Crippen LogP contribution in [0.2, 0.25) is 0 Å². The number of H-pyrrole nitrogens is 1. The second-order valence-corrected chi connectivity index (χ2v) is 9.36. The number of benzene rings is 1. The van der Waals surface area contributed by atoms with Crippen molar-refractivity contribution in [2.75, 3.05) is 0 Å². The number of hydrogen-bond acceptors (Lipinski definition) is 5. The van der Waals surface area contributed by atoms with Crippen molar-refractivity contribution >= 4 is 0 Å². The summed E-state index contributed by atoms with van der Waals surface area (Å²) in [7, 11) is 0. The molecule has 0 spiro atoms. The Morgan fingerprint density at radius 3 is 2.42 bits per heavy atom. The molecule has 0 fully saturated rings. The van der Waals surface area contributed by atoms with Gasteiger partial charge in [-0.05, 0) is 62.6 Å². The van der Waals surface area contributed by atoms with Gasteiger partial charge in [0.15, 0.2) is 5.82 Å². The summed E-state index contributed by atoms with van der Waals surface area (Å²) in [5.41, 5.74) is 5.59. The van der Waals surface area contributed by atoms with Gasteiger partial charge in [0.25, 0.3) is 0 Å². The van der Waals surface area contributed by atoms with Gasteiger partial charge in [0.2, 0.25) is 0 Å². The predicted molar refractivity (Wildman–Crippen MR) is 129 cm³/mol. The molecule has 0 saturated heterocycles. The van der Waals surface area contributed by atoms with Crippen LogP contribution in [0.25, 0.3) is 22.6 Å². The lowest BCUT2D eigenvalue weighted by Crippen LogP contribution is -2.35. The zero-order chi connectivity index (χ0) is 23.6. The number of tetrazole rings is 1. The molecule has 0 radical (unpaired) electrons. The molecule has 33 heavy (non-hydrogen) atoms. The van der Waals surface area contributed by atoms with Gasteiger partial charge in [-0.3, -0.25) is 14.1 Å². The number of aromatic nitrogens is 7. The second-order valence-electron chi connectivity index (χ2n) is 9.36. The first-order valence-electron chi connectivity index (χ1n) is 11.4. The Labute approximate surface area is 193 Å². The van der Waals surface area contributed by atoms with E-state index in [1.165, 1.54) is 0 Å². The van der Waals surface area contributed by atoms with Crippen LogP contribution in [-0.2, 0) is 18.5 Å². The summed E-state index contributed by atoms with van der Waals surface area (Å²) in [6, 6.07) is 11.9. The number of hydrogen-bond donors (Lipinski definition) is 1. The Balaban J connectivity index is 1.68. The first-order valence-corrected chi connectivity index (χ1v) is 11.4. The van der Waals surface area contributed by atoms with Crippen LogP contribution in [0.5, 0.6) is 0 Å². The van der Waals surface area contributed by atoms with Gasteiger partial charge < -0.3 is 0 Å². The molecule has 0 saturated carbocycles. The van der Waals surface area contributed by atoms with Gasteiger partial charge >= 0.3 is 5.69 Å². The number of nitrogens with one attached hydrogen (secondary N) is 1. The molecule has 0 aliphatic carbocycles. The minimum atomic E-state index is -0.269. The molecule has 4 aromatic rings. The lowest BCUT2D eigenvalue weighted by Gasteiger charge is -2.21. The fourth-order valence-electron chi connectivity index (χ4n) is 4.36. The third-order valence-corrected chi connectivity index (χ3v) is 5.91. The van der Waals surface area contributed by atoms with Crippen LogP contribution in [-0.4, -0.2) is 34.7 Å². The van der Waals surface area contributed by atoms with E-state index in [1.807, 2.05) is 51.7 Å². The summed E-state index contributed by atoms with van der Waals surface area (Å²) >= 11 is 0. The van der Waals surface area contributed by atoms with E-state index >= 15 is 0 Å². The Morgan fingerprint density at radius 1 is 1.06 bits per heavy atom. The van der Waals surface area contributed by atoms with E-state index in [2.05, 4.69) is 55.2 Å². The van der Waals surface area contributed by atoms with E-state index in [1.54, 1.807) is 0 Å². The van der Waals surface area contributed by atoms with Crippen LogP contribution in [0, 0.1) is 6.92 Å². The van der Waals surface area contributed by atoms with E-state index in [9.17, 15) is 4.79 Å². The first-order chi connectivity index (χ1) is 15.8. The molecule has 3 aromatic heterocycles. The summed E-state index contributed by atoms with van der Waals surface area (Å²) in [4.78, 5) is 18.1. The van der Waals surface area contributed by atoms with E-state index in [-0.39, 0.29) is 11.2 Å². The van der Waals surface area contributed by atoms with Crippen molar-refractivity contribution in [2.24, 2.45) is 0 Å². The first kappa shape index (κ1) is 22.6. The fourth-order valence-corrected chi connectivity index (χ4v) is 4.36. The highest BCUT2D eigenvalue weighted by molar-refractivity contribution is 5.78. The summed E-state index contributed by atoms with van der Waals surface area (Å²) < 4.78 is 3.84.